The number of hydrogen-bond acceptors (Lipinski definition) is 3. The Labute approximate surface area is 171 Å². The van der Waals surface area contributed by atoms with Crippen LogP contribution < -0.4 is 11.1 Å². The molecule has 26 heavy (non-hydrogen) atoms. The Hall–Kier alpha value is -0.810. The van der Waals surface area contributed by atoms with Crippen LogP contribution in [0.5, 0.6) is 0 Å². The van der Waals surface area contributed by atoms with Crippen LogP contribution in [-0.2, 0) is 11.2 Å². The molecule has 0 radical (unpaired) electrons. The first-order valence-corrected chi connectivity index (χ1v) is 9.28. The van der Waals surface area contributed by atoms with Crippen molar-refractivity contribution in [2.75, 3.05) is 26.2 Å². The number of nitrogens with two attached hydrogens (primary N) is 1. The summed E-state index contributed by atoms with van der Waals surface area (Å²) < 4.78 is 0. The quantitative estimate of drug-likeness (QED) is 0.653. The third kappa shape index (κ3) is 9.22. The smallest absolute Gasteiger partial charge is 0.239 e. The lowest BCUT2D eigenvalue weighted by Gasteiger charge is -2.32. The minimum atomic E-state index is -0.777. The highest BCUT2D eigenvalue weighted by atomic mass is 35.5. The predicted molar refractivity (Wildman–Crippen MR) is 114 cm³/mol. The summed E-state index contributed by atoms with van der Waals surface area (Å²) in [6.07, 6.45) is 5.97. The monoisotopic (exact) mass is 403 g/mol. The van der Waals surface area contributed by atoms with Gasteiger partial charge in [0.1, 0.15) is 0 Å². The van der Waals surface area contributed by atoms with Gasteiger partial charge in [0.25, 0.3) is 0 Å². The van der Waals surface area contributed by atoms with Crippen LogP contribution in [0.25, 0.3) is 0 Å². The van der Waals surface area contributed by atoms with Crippen molar-refractivity contribution in [3.63, 3.8) is 0 Å². The Bertz CT molecular complexity index is 498. The Kier molecular flexibility index (Phi) is 12.2. The normalized spacial score (nSPS) is 15.7. The van der Waals surface area contributed by atoms with Crippen LogP contribution in [0.4, 0.5) is 0 Å². The molecule has 1 aromatic rings. The van der Waals surface area contributed by atoms with Gasteiger partial charge in [0.2, 0.25) is 5.91 Å². The zero-order chi connectivity index (χ0) is 17.4. The van der Waals surface area contributed by atoms with E-state index in [2.05, 4.69) is 40.5 Å². The SMILES string of the molecule is CC(C)(N)C(=O)NCCCCN1CCC(Cc2ccccc2)CC1.Cl.Cl. The molecule has 3 N–H and O–H groups in total. The van der Waals surface area contributed by atoms with E-state index in [0.717, 1.165) is 31.8 Å². The van der Waals surface area contributed by atoms with E-state index in [0.29, 0.717) is 0 Å². The highest BCUT2D eigenvalue weighted by Gasteiger charge is 2.21. The third-order valence-electron chi connectivity index (χ3n) is 4.85. The topological polar surface area (TPSA) is 58.4 Å². The van der Waals surface area contributed by atoms with E-state index >= 15 is 0 Å². The molecular formula is C20H35Cl2N3O. The molecule has 0 aromatic heterocycles. The van der Waals surface area contributed by atoms with Crippen molar-refractivity contribution >= 4 is 30.7 Å². The molecule has 2 rings (SSSR count). The number of unbranched alkanes of at least 4 members (excludes halogenated alkanes) is 1. The molecule has 150 valence electrons. The standard InChI is InChI=1S/C20H33N3O.2ClH/c1-20(2,21)19(24)22-12-6-7-13-23-14-10-18(11-15-23)16-17-8-4-3-5-9-17;;/h3-5,8-9,18H,6-7,10-16,21H2,1-2H3,(H,22,24);2*1H. The summed E-state index contributed by atoms with van der Waals surface area (Å²) in [5.74, 6) is 0.763. The maximum absolute atomic E-state index is 11.7. The van der Waals surface area contributed by atoms with E-state index in [-0.39, 0.29) is 30.7 Å². The van der Waals surface area contributed by atoms with Gasteiger partial charge < -0.3 is 16.0 Å². The number of likely N-dealkylation sites (tertiary alicyclic amines) is 1. The van der Waals surface area contributed by atoms with Crippen LogP contribution in [0.1, 0.15) is 45.1 Å². The predicted octanol–water partition coefficient (Wildman–Crippen LogP) is 3.42. The zero-order valence-corrected chi connectivity index (χ0v) is 17.7. The van der Waals surface area contributed by atoms with Gasteiger partial charge in [-0.3, -0.25) is 4.79 Å². The van der Waals surface area contributed by atoms with E-state index in [4.69, 9.17) is 5.73 Å². The van der Waals surface area contributed by atoms with E-state index in [9.17, 15) is 4.79 Å². The average Bonchev–Trinajstić information content (AvgIpc) is 2.56. The first-order valence-electron chi connectivity index (χ1n) is 9.28. The third-order valence-corrected chi connectivity index (χ3v) is 4.85. The fourth-order valence-corrected chi connectivity index (χ4v) is 3.25. The molecule has 1 saturated heterocycles. The summed E-state index contributed by atoms with van der Waals surface area (Å²) in [7, 11) is 0. The molecule has 1 aliphatic heterocycles. The number of nitrogens with one attached hydrogen (secondary N) is 1. The first-order chi connectivity index (χ1) is 11.4. The van der Waals surface area contributed by atoms with Crippen LogP contribution in [0.3, 0.4) is 0 Å². The fraction of sp³-hybridized carbons (Fsp3) is 0.650. The molecule has 1 amide bonds. The molecule has 1 aromatic carbocycles. The molecule has 1 aliphatic rings. The largest absolute Gasteiger partial charge is 0.355 e. The Morgan fingerprint density at radius 2 is 1.77 bits per heavy atom. The summed E-state index contributed by atoms with van der Waals surface area (Å²) in [6, 6.07) is 10.8. The van der Waals surface area contributed by atoms with Gasteiger partial charge >= 0.3 is 0 Å². The second-order valence-electron chi connectivity index (χ2n) is 7.66. The molecule has 6 heteroatoms. The lowest BCUT2D eigenvalue weighted by Crippen LogP contribution is -2.49. The number of benzene rings is 1. The number of piperidine rings is 1. The van der Waals surface area contributed by atoms with Gasteiger partial charge in [0.05, 0.1) is 5.54 Å². The highest BCUT2D eigenvalue weighted by molar-refractivity contribution is 5.85. The van der Waals surface area contributed by atoms with Crippen LogP contribution in [-0.4, -0.2) is 42.5 Å². The molecule has 0 unspecified atom stereocenters. The maximum atomic E-state index is 11.7. The summed E-state index contributed by atoms with van der Waals surface area (Å²) in [5, 5.41) is 2.91. The number of nitrogens with zero attached hydrogens (tertiary/aromatic N) is 1. The van der Waals surface area contributed by atoms with Gasteiger partial charge in [0, 0.05) is 6.54 Å². The second kappa shape index (κ2) is 12.6. The van der Waals surface area contributed by atoms with E-state index in [1.807, 2.05) is 0 Å². The number of rotatable bonds is 8. The lowest BCUT2D eigenvalue weighted by atomic mass is 9.90. The lowest BCUT2D eigenvalue weighted by molar-refractivity contribution is -0.125. The van der Waals surface area contributed by atoms with Gasteiger partial charge in [-0.25, -0.2) is 0 Å². The van der Waals surface area contributed by atoms with Crippen molar-refractivity contribution in [2.24, 2.45) is 11.7 Å². The van der Waals surface area contributed by atoms with Crippen molar-refractivity contribution in [3.05, 3.63) is 35.9 Å². The zero-order valence-electron chi connectivity index (χ0n) is 16.1. The van der Waals surface area contributed by atoms with Crippen molar-refractivity contribution in [1.82, 2.24) is 10.2 Å². The van der Waals surface area contributed by atoms with Crippen LogP contribution in [0.15, 0.2) is 30.3 Å². The van der Waals surface area contributed by atoms with E-state index in [1.54, 1.807) is 13.8 Å². The van der Waals surface area contributed by atoms with Gasteiger partial charge in [-0.1, -0.05) is 30.3 Å². The van der Waals surface area contributed by atoms with Crippen molar-refractivity contribution in [2.45, 2.75) is 51.5 Å². The number of amides is 1. The Balaban J connectivity index is 0.00000312. The molecular weight excluding hydrogens is 369 g/mol. The molecule has 0 bridgehead atoms. The molecule has 0 atom stereocenters. The van der Waals surface area contributed by atoms with Crippen molar-refractivity contribution in [1.29, 1.82) is 0 Å². The van der Waals surface area contributed by atoms with Gasteiger partial charge in [-0.2, -0.15) is 0 Å². The summed E-state index contributed by atoms with van der Waals surface area (Å²) >= 11 is 0. The Morgan fingerprint density at radius 1 is 1.15 bits per heavy atom. The van der Waals surface area contributed by atoms with E-state index < -0.39 is 5.54 Å². The van der Waals surface area contributed by atoms with Crippen LogP contribution in [0, 0.1) is 5.92 Å². The molecule has 0 spiro atoms. The summed E-state index contributed by atoms with van der Waals surface area (Å²) in [6.45, 7) is 7.76. The van der Waals surface area contributed by atoms with E-state index in [1.165, 1.54) is 37.9 Å². The highest BCUT2D eigenvalue weighted by Crippen LogP contribution is 2.21. The van der Waals surface area contributed by atoms with Crippen LogP contribution in [0.2, 0.25) is 0 Å². The second-order valence-corrected chi connectivity index (χ2v) is 7.66. The number of carbonyl (C=O) groups excluding carboxylic acids is 1. The number of halogens is 2. The first kappa shape index (κ1) is 25.2. The van der Waals surface area contributed by atoms with Gasteiger partial charge in [-0.05, 0) is 77.1 Å². The molecule has 0 aliphatic carbocycles. The minimum absolute atomic E-state index is 0. The molecule has 0 saturated carbocycles. The van der Waals surface area contributed by atoms with Crippen molar-refractivity contribution in [3.8, 4) is 0 Å². The maximum Gasteiger partial charge on any atom is 0.239 e. The fourth-order valence-electron chi connectivity index (χ4n) is 3.25. The summed E-state index contributed by atoms with van der Waals surface area (Å²) in [5.41, 5.74) is 6.45. The van der Waals surface area contributed by atoms with Gasteiger partial charge in [0.15, 0.2) is 0 Å². The minimum Gasteiger partial charge on any atom is -0.355 e. The number of hydrogen-bond donors (Lipinski definition) is 2. The molecule has 4 nitrogen and oxygen atoms in total. The molecule has 1 fully saturated rings. The summed E-state index contributed by atoms with van der Waals surface area (Å²) in [4.78, 5) is 14.2. The van der Waals surface area contributed by atoms with Crippen molar-refractivity contribution < 1.29 is 4.79 Å². The van der Waals surface area contributed by atoms with Gasteiger partial charge in [-0.15, -0.1) is 24.8 Å². The Morgan fingerprint density at radius 3 is 2.35 bits per heavy atom. The van der Waals surface area contributed by atoms with Crippen LogP contribution >= 0.6 is 24.8 Å². The number of carbonyl (C=O) groups is 1. The average molecular weight is 404 g/mol. The molecule has 1 heterocycles.